The molecule has 0 atom stereocenters. The van der Waals surface area contributed by atoms with E-state index < -0.39 is 0 Å². The molecule has 4 rings (SSSR count). The number of benzene rings is 2. The second kappa shape index (κ2) is 8.47. The number of nitrogens with zero attached hydrogens (tertiary/aromatic N) is 2. The van der Waals surface area contributed by atoms with Gasteiger partial charge in [-0.1, -0.05) is 11.3 Å². The topological polar surface area (TPSA) is 58.3 Å². The first-order valence-corrected chi connectivity index (χ1v) is 10.6. The summed E-state index contributed by atoms with van der Waals surface area (Å²) in [5.41, 5.74) is 1.64. The van der Waals surface area contributed by atoms with Gasteiger partial charge < -0.3 is 9.30 Å². The summed E-state index contributed by atoms with van der Waals surface area (Å²) in [6.07, 6.45) is 1.99. The first-order valence-electron chi connectivity index (χ1n) is 9.76. The van der Waals surface area contributed by atoms with Crippen LogP contribution in [0.1, 0.15) is 23.2 Å². The molecule has 0 radical (unpaired) electrons. The number of ketones is 1. The second-order valence-electron chi connectivity index (χ2n) is 7.50. The number of rotatable bonds is 6. The average molecular weight is 414 g/mol. The number of carbonyl (C=O) groups excluding carboxylic acids is 1. The molecule has 1 aromatic heterocycles. The number of fused-ring (bicyclic) bond motifs is 1. The zero-order chi connectivity index (χ0) is 20.4. The third-order valence-corrected chi connectivity index (χ3v) is 6.55. The van der Waals surface area contributed by atoms with Gasteiger partial charge in [0.1, 0.15) is 11.6 Å². The number of carbonyl (C=O) groups is 1. The number of halogens is 1. The van der Waals surface area contributed by atoms with Crippen LogP contribution in [0.4, 0.5) is 4.39 Å². The lowest BCUT2D eigenvalue weighted by molar-refractivity contribution is 0.0890. The number of ether oxygens (including phenoxy) is 1. The second-order valence-corrected chi connectivity index (χ2v) is 8.53. The molecule has 0 aliphatic carbocycles. The summed E-state index contributed by atoms with van der Waals surface area (Å²) in [7, 11) is 1.65. The predicted molar refractivity (Wildman–Crippen MR) is 112 cm³/mol. The molecule has 2 aromatic carbocycles. The molecular formula is C22H24FN3O2S. The molecule has 2 heterocycles. The molecule has 3 aromatic rings. The van der Waals surface area contributed by atoms with Gasteiger partial charge in [-0.15, -0.1) is 0 Å². The maximum Gasteiger partial charge on any atom is 0.182 e. The van der Waals surface area contributed by atoms with E-state index in [2.05, 4.69) is 9.47 Å². The van der Waals surface area contributed by atoms with Crippen LogP contribution in [0.5, 0.6) is 5.75 Å². The van der Waals surface area contributed by atoms with Gasteiger partial charge in [-0.2, -0.15) is 0 Å². The van der Waals surface area contributed by atoms with E-state index in [1.807, 2.05) is 18.2 Å². The lowest BCUT2D eigenvalue weighted by Crippen LogP contribution is -2.38. The van der Waals surface area contributed by atoms with Gasteiger partial charge in [-0.05, 0) is 74.3 Å². The molecule has 1 fully saturated rings. The SMILES string of the molecule is COc1ccc2c(c1)sc(=N)n2CC1CCN(CC(=O)c2ccc(F)cc2)CC1. The van der Waals surface area contributed by atoms with Crippen LogP contribution in [0.3, 0.4) is 0 Å². The third kappa shape index (κ3) is 4.41. The number of Topliss-reactive ketones (excluding diaryl/α,β-unsaturated/α-hetero) is 1. The molecule has 0 bridgehead atoms. The van der Waals surface area contributed by atoms with Gasteiger partial charge in [0.15, 0.2) is 10.6 Å². The van der Waals surface area contributed by atoms with Gasteiger partial charge in [0.05, 0.1) is 23.9 Å². The van der Waals surface area contributed by atoms with Crippen LogP contribution in [-0.4, -0.2) is 42.0 Å². The van der Waals surface area contributed by atoms with Crippen LogP contribution in [0.25, 0.3) is 10.2 Å². The number of hydrogen-bond donors (Lipinski definition) is 1. The largest absolute Gasteiger partial charge is 0.497 e. The molecule has 29 heavy (non-hydrogen) atoms. The summed E-state index contributed by atoms with van der Waals surface area (Å²) >= 11 is 1.47. The summed E-state index contributed by atoms with van der Waals surface area (Å²) in [4.78, 5) is 15.1. The van der Waals surface area contributed by atoms with Crippen LogP contribution >= 0.6 is 11.3 Å². The van der Waals surface area contributed by atoms with Crippen LogP contribution in [0.2, 0.25) is 0 Å². The molecule has 0 unspecified atom stereocenters. The summed E-state index contributed by atoms with van der Waals surface area (Å²) in [6, 6.07) is 11.7. The smallest absolute Gasteiger partial charge is 0.182 e. The Morgan fingerprint density at radius 1 is 1.21 bits per heavy atom. The summed E-state index contributed by atoms with van der Waals surface area (Å²) in [5.74, 6) is 1.00. The van der Waals surface area contributed by atoms with E-state index in [9.17, 15) is 9.18 Å². The normalized spacial score (nSPS) is 15.7. The molecule has 1 saturated heterocycles. The monoisotopic (exact) mass is 413 g/mol. The molecule has 7 heteroatoms. The van der Waals surface area contributed by atoms with Gasteiger partial charge >= 0.3 is 0 Å². The number of aromatic nitrogens is 1. The maximum absolute atomic E-state index is 13.0. The number of methoxy groups -OCH3 is 1. The number of piperidine rings is 1. The highest BCUT2D eigenvalue weighted by Crippen LogP contribution is 2.26. The Morgan fingerprint density at radius 2 is 1.93 bits per heavy atom. The minimum atomic E-state index is -0.326. The molecule has 1 aliphatic rings. The highest BCUT2D eigenvalue weighted by Gasteiger charge is 2.22. The quantitative estimate of drug-likeness (QED) is 0.623. The summed E-state index contributed by atoms with van der Waals surface area (Å²) in [6.45, 7) is 2.92. The molecule has 1 N–H and O–H groups in total. The standard InChI is InChI=1S/C22H24FN3O2S/c1-28-18-6-7-19-21(12-18)29-22(24)26(19)13-15-8-10-25(11-9-15)14-20(27)16-2-4-17(23)5-3-16/h2-7,12,15,24H,8-11,13-14H2,1H3. The molecule has 5 nitrogen and oxygen atoms in total. The van der Waals surface area contributed by atoms with E-state index in [4.69, 9.17) is 10.1 Å². The highest BCUT2D eigenvalue weighted by atomic mass is 32.1. The average Bonchev–Trinajstić information content (AvgIpc) is 3.04. The number of nitrogens with one attached hydrogen (secondary N) is 1. The summed E-state index contributed by atoms with van der Waals surface area (Å²) in [5, 5.41) is 8.35. The lowest BCUT2D eigenvalue weighted by atomic mass is 9.96. The molecular weight excluding hydrogens is 389 g/mol. The van der Waals surface area contributed by atoms with Crippen molar-refractivity contribution in [2.75, 3.05) is 26.7 Å². The van der Waals surface area contributed by atoms with E-state index in [-0.39, 0.29) is 11.6 Å². The maximum atomic E-state index is 13.0. The predicted octanol–water partition coefficient (Wildman–Crippen LogP) is 3.92. The van der Waals surface area contributed by atoms with Crippen LogP contribution in [0.15, 0.2) is 42.5 Å². The van der Waals surface area contributed by atoms with Crippen molar-refractivity contribution >= 4 is 27.3 Å². The van der Waals surface area contributed by atoms with Gasteiger partial charge in [-0.3, -0.25) is 15.1 Å². The Bertz CT molecular complexity index is 1070. The third-order valence-electron chi connectivity index (χ3n) is 5.59. The van der Waals surface area contributed by atoms with Crippen molar-refractivity contribution < 1.29 is 13.9 Å². The van der Waals surface area contributed by atoms with Crippen molar-refractivity contribution in [2.24, 2.45) is 5.92 Å². The van der Waals surface area contributed by atoms with Gasteiger partial charge in [0.2, 0.25) is 0 Å². The zero-order valence-electron chi connectivity index (χ0n) is 16.4. The van der Waals surface area contributed by atoms with E-state index in [0.29, 0.717) is 22.8 Å². The molecule has 0 saturated carbocycles. The van der Waals surface area contributed by atoms with Gasteiger partial charge in [0.25, 0.3) is 0 Å². The minimum Gasteiger partial charge on any atom is -0.497 e. The number of hydrogen-bond acceptors (Lipinski definition) is 5. The fourth-order valence-electron chi connectivity index (χ4n) is 3.89. The van der Waals surface area contributed by atoms with Crippen molar-refractivity contribution in [3.63, 3.8) is 0 Å². The lowest BCUT2D eigenvalue weighted by Gasteiger charge is -2.31. The molecule has 1 aliphatic heterocycles. The fourth-order valence-corrected chi connectivity index (χ4v) is 4.84. The Hall–Kier alpha value is -2.51. The minimum absolute atomic E-state index is 0.0315. The van der Waals surface area contributed by atoms with Crippen molar-refractivity contribution in [1.29, 1.82) is 5.41 Å². The number of likely N-dealkylation sites (tertiary alicyclic amines) is 1. The van der Waals surface area contributed by atoms with Gasteiger partial charge in [0, 0.05) is 12.1 Å². The van der Waals surface area contributed by atoms with E-state index in [0.717, 1.165) is 48.4 Å². The van der Waals surface area contributed by atoms with E-state index in [1.54, 1.807) is 19.2 Å². The van der Waals surface area contributed by atoms with Crippen molar-refractivity contribution in [3.8, 4) is 5.75 Å². The van der Waals surface area contributed by atoms with Crippen LogP contribution in [0, 0.1) is 17.1 Å². The summed E-state index contributed by atoms with van der Waals surface area (Å²) < 4.78 is 21.5. The Balaban J connectivity index is 1.36. The molecule has 0 spiro atoms. The van der Waals surface area contributed by atoms with Crippen LogP contribution in [-0.2, 0) is 6.54 Å². The number of thiazole rings is 1. The highest BCUT2D eigenvalue weighted by molar-refractivity contribution is 7.16. The fraction of sp³-hybridized carbons (Fsp3) is 0.364. The molecule has 152 valence electrons. The first kappa shape index (κ1) is 19.8. The van der Waals surface area contributed by atoms with E-state index in [1.165, 1.54) is 23.5 Å². The van der Waals surface area contributed by atoms with Crippen molar-refractivity contribution in [1.82, 2.24) is 9.47 Å². The van der Waals surface area contributed by atoms with Crippen LogP contribution < -0.4 is 9.54 Å². The van der Waals surface area contributed by atoms with Crippen molar-refractivity contribution in [2.45, 2.75) is 19.4 Å². The van der Waals surface area contributed by atoms with Gasteiger partial charge in [-0.25, -0.2) is 4.39 Å². The zero-order valence-corrected chi connectivity index (χ0v) is 17.2. The van der Waals surface area contributed by atoms with E-state index >= 15 is 0 Å². The Morgan fingerprint density at radius 3 is 2.62 bits per heavy atom. The van der Waals surface area contributed by atoms with Crippen molar-refractivity contribution in [3.05, 3.63) is 58.6 Å². The first-order chi connectivity index (χ1) is 14.0. The Labute approximate surface area is 172 Å². The Kier molecular flexibility index (Phi) is 5.78. The molecule has 0 amide bonds.